The fourth-order valence-electron chi connectivity index (χ4n) is 2.00. The lowest BCUT2D eigenvalue weighted by Gasteiger charge is -2.11. The number of aliphatic hydroxyl groups excluding tert-OH is 1. The molecule has 0 aliphatic heterocycles. The van der Waals surface area contributed by atoms with Crippen LogP contribution in [0.25, 0.3) is 10.9 Å². The average molecular weight is 203 g/mol. The molecule has 0 amide bonds. The molecule has 0 saturated carbocycles. The molecule has 0 saturated heterocycles. The van der Waals surface area contributed by atoms with Crippen LogP contribution >= 0.6 is 0 Å². The van der Waals surface area contributed by atoms with Gasteiger partial charge in [-0.05, 0) is 36.6 Å². The number of hydrogen-bond donors (Lipinski definition) is 2. The Hall–Kier alpha value is -1.28. The Balaban J connectivity index is 2.49. The van der Waals surface area contributed by atoms with Crippen LogP contribution in [-0.4, -0.2) is 16.7 Å². The summed E-state index contributed by atoms with van der Waals surface area (Å²) in [6.45, 7) is 4.43. The van der Waals surface area contributed by atoms with Gasteiger partial charge in [0.2, 0.25) is 0 Å². The minimum Gasteiger partial charge on any atom is -0.396 e. The van der Waals surface area contributed by atoms with Crippen LogP contribution < -0.4 is 0 Å². The van der Waals surface area contributed by atoms with E-state index in [9.17, 15) is 5.11 Å². The topological polar surface area (TPSA) is 36.0 Å². The van der Waals surface area contributed by atoms with Crippen LogP contribution in [-0.2, 0) is 0 Å². The number of aryl methyl sites for hydroxylation is 1. The van der Waals surface area contributed by atoms with Gasteiger partial charge >= 0.3 is 0 Å². The zero-order valence-electron chi connectivity index (χ0n) is 9.25. The molecule has 0 spiro atoms. The van der Waals surface area contributed by atoms with E-state index in [4.69, 9.17) is 0 Å². The molecule has 1 atom stereocenters. The molecule has 2 N–H and O–H groups in total. The van der Waals surface area contributed by atoms with Crippen molar-refractivity contribution in [3.05, 3.63) is 35.5 Å². The highest BCUT2D eigenvalue weighted by atomic mass is 16.3. The molecule has 2 heteroatoms. The molecule has 80 valence electrons. The number of fused-ring (bicyclic) bond motifs is 1. The van der Waals surface area contributed by atoms with E-state index < -0.39 is 0 Å². The fraction of sp³-hybridized carbons (Fsp3) is 0.385. The maximum absolute atomic E-state index is 9.26. The van der Waals surface area contributed by atoms with Crippen molar-refractivity contribution < 1.29 is 5.11 Å². The lowest BCUT2D eigenvalue weighted by Crippen LogP contribution is -2.02. The van der Waals surface area contributed by atoms with Crippen LogP contribution in [0, 0.1) is 6.92 Å². The van der Waals surface area contributed by atoms with Crippen molar-refractivity contribution in [2.24, 2.45) is 0 Å². The summed E-state index contributed by atoms with van der Waals surface area (Å²) in [5.74, 6) is 0.267. The SMILES string of the molecule is CCC(CO)c1ccc2[nH]cc(C)c2c1. The third-order valence-corrected chi connectivity index (χ3v) is 3.10. The van der Waals surface area contributed by atoms with Crippen molar-refractivity contribution in [3.8, 4) is 0 Å². The van der Waals surface area contributed by atoms with E-state index >= 15 is 0 Å². The van der Waals surface area contributed by atoms with E-state index in [-0.39, 0.29) is 12.5 Å². The first-order valence-electron chi connectivity index (χ1n) is 5.44. The van der Waals surface area contributed by atoms with Crippen molar-refractivity contribution >= 4 is 10.9 Å². The summed E-state index contributed by atoms with van der Waals surface area (Å²) in [6.07, 6.45) is 3.00. The van der Waals surface area contributed by atoms with Crippen LogP contribution in [0.1, 0.15) is 30.4 Å². The van der Waals surface area contributed by atoms with Gasteiger partial charge in [-0.1, -0.05) is 13.0 Å². The molecule has 1 aromatic carbocycles. The highest BCUT2D eigenvalue weighted by Gasteiger charge is 2.09. The van der Waals surface area contributed by atoms with Crippen LogP contribution in [0.4, 0.5) is 0 Å². The summed E-state index contributed by atoms with van der Waals surface area (Å²) < 4.78 is 0. The first-order valence-corrected chi connectivity index (χ1v) is 5.44. The Morgan fingerprint density at radius 2 is 2.20 bits per heavy atom. The molecule has 2 aromatic rings. The average Bonchev–Trinajstić information content (AvgIpc) is 2.62. The summed E-state index contributed by atoms with van der Waals surface area (Å²) in [5.41, 5.74) is 3.67. The van der Waals surface area contributed by atoms with Gasteiger partial charge in [-0.15, -0.1) is 0 Å². The van der Waals surface area contributed by atoms with E-state index in [0.29, 0.717) is 0 Å². The van der Waals surface area contributed by atoms with Crippen LogP contribution in [0.5, 0.6) is 0 Å². The van der Waals surface area contributed by atoms with E-state index in [1.54, 1.807) is 0 Å². The van der Waals surface area contributed by atoms with Crippen molar-refractivity contribution in [1.82, 2.24) is 4.98 Å². The van der Waals surface area contributed by atoms with Crippen LogP contribution in [0.15, 0.2) is 24.4 Å². The molecule has 0 aliphatic carbocycles. The number of benzene rings is 1. The standard InChI is InChI=1S/C13H17NO/c1-3-10(8-15)11-4-5-13-12(6-11)9(2)7-14-13/h4-7,10,14-15H,3,8H2,1-2H3. The second kappa shape index (κ2) is 4.07. The molecule has 0 aliphatic rings. The zero-order valence-corrected chi connectivity index (χ0v) is 9.25. The van der Waals surface area contributed by atoms with Gasteiger partial charge in [-0.3, -0.25) is 0 Å². The first kappa shape index (κ1) is 10.2. The van der Waals surface area contributed by atoms with Crippen LogP contribution in [0.3, 0.4) is 0 Å². The number of hydrogen-bond acceptors (Lipinski definition) is 1. The lowest BCUT2D eigenvalue weighted by molar-refractivity contribution is 0.262. The fourth-order valence-corrected chi connectivity index (χ4v) is 2.00. The summed E-state index contributed by atoms with van der Waals surface area (Å²) in [6, 6.07) is 6.38. The summed E-state index contributed by atoms with van der Waals surface area (Å²) in [7, 11) is 0. The predicted octanol–water partition coefficient (Wildman–Crippen LogP) is 2.96. The minimum atomic E-state index is 0.228. The smallest absolute Gasteiger partial charge is 0.0499 e. The minimum absolute atomic E-state index is 0.228. The number of aliphatic hydroxyl groups is 1. The number of aromatic amines is 1. The summed E-state index contributed by atoms with van der Waals surface area (Å²) in [4.78, 5) is 3.23. The zero-order chi connectivity index (χ0) is 10.8. The van der Waals surface area contributed by atoms with Crippen molar-refractivity contribution in [2.45, 2.75) is 26.2 Å². The largest absolute Gasteiger partial charge is 0.396 e. The van der Waals surface area contributed by atoms with Gasteiger partial charge in [-0.2, -0.15) is 0 Å². The molecular formula is C13H17NO. The molecule has 0 fully saturated rings. The molecule has 2 nitrogen and oxygen atoms in total. The van der Waals surface area contributed by atoms with Gasteiger partial charge in [0.1, 0.15) is 0 Å². The Labute approximate surface area is 89.9 Å². The molecule has 1 heterocycles. The Bertz CT molecular complexity index is 455. The van der Waals surface area contributed by atoms with E-state index in [1.165, 1.54) is 22.0 Å². The Morgan fingerprint density at radius 3 is 2.87 bits per heavy atom. The predicted molar refractivity (Wildman–Crippen MR) is 63.2 cm³/mol. The quantitative estimate of drug-likeness (QED) is 0.790. The Kier molecular flexibility index (Phi) is 2.78. The third kappa shape index (κ3) is 1.77. The molecule has 0 radical (unpaired) electrons. The lowest BCUT2D eigenvalue weighted by atomic mass is 9.96. The number of rotatable bonds is 3. The molecule has 0 bridgehead atoms. The Morgan fingerprint density at radius 1 is 1.40 bits per heavy atom. The summed E-state index contributed by atoms with van der Waals surface area (Å²) >= 11 is 0. The number of aromatic nitrogens is 1. The normalized spacial score (nSPS) is 13.3. The molecular weight excluding hydrogens is 186 g/mol. The second-order valence-corrected chi connectivity index (χ2v) is 4.06. The van der Waals surface area contributed by atoms with Crippen molar-refractivity contribution in [3.63, 3.8) is 0 Å². The molecule has 1 unspecified atom stereocenters. The van der Waals surface area contributed by atoms with Gasteiger partial charge in [0.15, 0.2) is 0 Å². The van der Waals surface area contributed by atoms with Crippen molar-refractivity contribution in [2.75, 3.05) is 6.61 Å². The van der Waals surface area contributed by atoms with Gasteiger partial charge < -0.3 is 10.1 Å². The second-order valence-electron chi connectivity index (χ2n) is 4.06. The highest BCUT2D eigenvalue weighted by Crippen LogP contribution is 2.25. The molecule has 15 heavy (non-hydrogen) atoms. The maximum atomic E-state index is 9.26. The molecule has 2 rings (SSSR count). The van der Waals surface area contributed by atoms with E-state index in [2.05, 4.69) is 37.0 Å². The monoisotopic (exact) mass is 203 g/mol. The van der Waals surface area contributed by atoms with E-state index in [1.807, 2.05) is 6.20 Å². The van der Waals surface area contributed by atoms with Gasteiger partial charge in [0, 0.05) is 29.6 Å². The maximum Gasteiger partial charge on any atom is 0.0499 e. The van der Waals surface area contributed by atoms with Crippen molar-refractivity contribution in [1.29, 1.82) is 0 Å². The highest BCUT2D eigenvalue weighted by molar-refractivity contribution is 5.83. The van der Waals surface area contributed by atoms with Gasteiger partial charge in [0.25, 0.3) is 0 Å². The first-order chi connectivity index (χ1) is 7.26. The van der Waals surface area contributed by atoms with Gasteiger partial charge in [0.05, 0.1) is 0 Å². The number of H-pyrrole nitrogens is 1. The van der Waals surface area contributed by atoms with Gasteiger partial charge in [-0.25, -0.2) is 0 Å². The summed E-state index contributed by atoms with van der Waals surface area (Å²) in [5, 5.41) is 10.5. The molecule has 1 aromatic heterocycles. The van der Waals surface area contributed by atoms with Crippen LogP contribution in [0.2, 0.25) is 0 Å². The third-order valence-electron chi connectivity index (χ3n) is 3.10. The van der Waals surface area contributed by atoms with E-state index in [0.717, 1.165) is 6.42 Å². The number of nitrogens with one attached hydrogen (secondary N) is 1.